The number of aryl methyl sites for hydroxylation is 1. The normalized spacial score (nSPS) is 28.5. The highest BCUT2D eigenvalue weighted by atomic mass is 35.5. The molecule has 3 aliphatic carbocycles. The first kappa shape index (κ1) is 20.6. The highest BCUT2D eigenvalue weighted by Crippen LogP contribution is 2.67. The number of hydrogen-bond acceptors (Lipinski definition) is 7. The van der Waals surface area contributed by atoms with Gasteiger partial charge in [-0.15, -0.1) is 0 Å². The van der Waals surface area contributed by atoms with Crippen molar-refractivity contribution >= 4 is 45.2 Å². The molecule has 0 saturated heterocycles. The van der Waals surface area contributed by atoms with E-state index in [0.717, 1.165) is 0 Å². The van der Waals surface area contributed by atoms with Crippen LogP contribution in [0.2, 0.25) is 5.02 Å². The van der Waals surface area contributed by atoms with E-state index in [2.05, 4.69) is 15.0 Å². The van der Waals surface area contributed by atoms with E-state index in [1.54, 1.807) is 12.1 Å². The Morgan fingerprint density at radius 2 is 1.91 bits per heavy atom. The first-order valence-electron chi connectivity index (χ1n) is 10.7. The van der Waals surface area contributed by atoms with Gasteiger partial charge in [0, 0.05) is 17.0 Å². The van der Waals surface area contributed by atoms with Crippen LogP contribution in [0.3, 0.4) is 0 Å². The fourth-order valence-electron chi connectivity index (χ4n) is 5.98. The number of rotatable bonds is 4. The zero-order chi connectivity index (χ0) is 23.1. The van der Waals surface area contributed by atoms with Crippen LogP contribution in [0.15, 0.2) is 36.8 Å². The number of aliphatic hydroxyl groups is 2. The number of aromatic nitrogens is 4. The lowest BCUT2D eigenvalue weighted by Gasteiger charge is -2.49. The molecule has 0 spiro atoms. The van der Waals surface area contributed by atoms with Crippen LogP contribution >= 0.6 is 11.6 Å². The molecule has 10 heteroatoms. The van der Waals surface area contributed by atoms with Crippen molar-refractivity contribution in [1.82, 2.24) is 19.5 Å². The molecule has 2 bridgehead atoms. The van der Waals surface area contributed by atoms with Crippen molar-refractivity contribution in [3.8, 4) is 0 Å². The molecule has 2 atom stereocenters. The average Bonchev–Trinajstić information content (AvgIpc) is 3.34. The summed E-state index contributed by atoms with van der Waals surface area (Å²) in [5, 5.41) is 23.6. The lowest BCUT2D eigenvalue weighted by atomic mass is 9.62. The molecular formula is C23H22ClFN6O2. The molecule has 6 N–H and O–H groups in total. The highest BCUT2D eigenvalue weighted by Gasteiger charge is 2.72. The lowest BCUT2D eigenvalue weighted by molar-refractivity contribution is -0.00855. The summed E-state index contributed by atoms with van der Waals surface area (Å²) in [6.45, 7) is 0. The van der Waals surface area contributed by atoms with Crippen molar-refractivity contribution in [1.29, 1.82) is 0 Å². The summed E-state index contributed by atoms with van der Waals surface area (Å²) >= 11 is 6.00. The van der Waals surface area contributed by atoms with Gasteiger partial charge in [-0.1, -0.05) is 11.6 Å². The summed E-state index contributed by atoms with van der Waals surface area (Å²) in [6, 6.07) is 6.50. The van der Waals surface area contributed by atoms with E-state index in [9.17, 15) is 14.6 Å². The maximum absolute atomic E-state index is 14.8. The summed E-state index contributed by atoms with van der Waals surface area (Å²) in [6.07, 6.45) is 3.38. The van der Waals surface area contributed by atoms with Gasteiger partial charge in [-0.25, -0.2) is 19.3 Å². The van der Waals surface area contributed by atoms with Crippen LogP contribution in [0.5, 0.6) is 0 Å². The summed E-state index contributed by atoms with van der Waals surface area (Å²) in [7, 11) is 0. The van der Waals surface area contributed by atoms with Crippen LogP contribution in [-0.4, -0.2) is 41.9 Å². The van der Waals surface area contributed by atoms with Crippen LogP contribution in [0.1, 0.15) is 24.8 Å². The summed E-state index contributed by atoms with van der Waals surface area (Å²) < 4.78 is 16.7. The van der Waals surface area contributed by atoms with Crippen molar-refractivity contribution in [2.24, 2.45) is 5.41 Å². The van der Waals surface area contributed by atoms with E-state index in [1.165, 1.54) is 12.4 Å². The van der Waals surface area contributed by atoms with Crippen LogP contribution in [0.4, 0.5) is 16.0 Å². The van der Waals surface area contributed by atoms with Gasteiger partial charge in [0.1, 0.15) is 35.5 Å². The van der Waals surface area contributed by atoms with E-state index in [-0.39, 0.29) is 16.7 Å². The quantitative estimate of drug-likeness (QED) is 0.361. The van der Waals surface area contributed by atoms with Gasteiger partial charge in [0.15, 0.2) is 0 Å². The van der Waals surface area contributed by atoms with Gasteiger partial charge in [0.05, 0.1) is 27.6 Å². The minimum Gasteiger partial charge on any atom is -0.390 e. The fourth-order valence-corrected chi connectivity index (χ4v) is 6.14. The fraction of sp³-hybridized carbons (Fsp3) is 0.348. The molecule has 3 fully saturated rings. The van der Waals surface area contributed by atoms with Crippen molar-refractivity contribution < 1.29 is 14.6 Å². The molecule has 170 valence electrons. The van der Waals surface area contributed by atoms with Gasteiger partial charge in [0.2, 0.25) is 0 Å². The monoisotopic (exact) mass is 468 g/mol. The van der Waals surface area contributed by atoms with Gasteiger partial charge in [-0.3, -0.25) is 0 Å². The molecule has 8 nitrogen and oxygen atoms in total. The Morgan fingerprint density at radius 3 is 2.70 bits per heavy atom. The number of nitrogens with two attached hydrogens (primary N) is 2. The zero-order valence-electron chi connectivity index (χ0n) is 17.5. The molecule has 0 unspecified atom stereocenters. The number of nitrogen functional groups attached to an aromatic ring is 2. The maximum Gasteiger partial charge on any atom is 0.146 e. The molecule has 33 heavy (non-hydrogen) atoms. The zero-order valence-corrected chi connectivity index (χ0v) is 18.3. The molecule has 0 amide bonds. The SMILES string of the molecule is Nc1nc2cc(CC[C@]34C[C@@](n5ccc6c(N)ncnc65)(C3)[C@H](O)[C@@H]4O)c(F)cc2cc1Cl. The molecule has 7 rings (SSSR count). The third-order valence-corrected chi connectivity index (χ3v) is 7.94. The van der Waals surface area contributed by atoms with Crippen molar-refractivity contribution in [2.75, 3.05) is 11.5 Å². The number of fused-ring (bicyclic) bond motifs is 3. The molecule has 1 aromatic carbocycles. The summed E-state index contributed by atoms with van der Waals surface area (Å²) in [5.41, 5.74) is 12.3. The smallest absolute Gasteiger partial charge is 0.146 e. The van der Waals surface area contributed by atoms with Gasteiger partial charge < -0.3 is 26.2 Å². The molecule has 0 aliphatic heterocycles. The topological polar surface area (TPSA) is 136 Å². The van der Waals surface area contributed by atoms with E-state index < -0.39 is 23.2 Å². The molecule has 3 saturated carbocycles. The average molecular weight is 469 g/mol. The second-order valence-electron chi connectivity index (χ2n) is 9.38. The van der Waals surface area contributed by atoms with E-state index >= 15 is 0 Å². The van der Waals surface area contributed by atoms with E-state index in [4.69, 9.17) is 23.1 Å². The standard InChI is InChI=1S/C23H22ClFN6O2/c24-14-5-12-6-15(25)11(7-16(12)30-20(14)27)1-3-22-8-23(9-22,18(33)17(22)32)31-4-2-13-19(26)28-10-29-21(13)31/h2,4-7,10,17-18,32-33H,1,3,8-9H2,(H2,27,30)(H2,26,28,29)/t17-,18+,22-,23+/m0/s1. The number of halogens is 2. The van der Waals surface area contributed by atoms with Crippen molar-refractivity contribution in [3.63, 3.8) is 0 Å². The van der Waals surface area contributed by atoms with Crippen LogP contribution in [-0.2, 0) is 12.0 Å². The number of aliphatic hydroxyl groups excluding tert-OH is 2. The Labute approximate surface area is 193 Å². The second kappa shape index (κ2) is 6.75. The van der Waals surface area contributed by atoms with Gasteiger partial charge in [0.25, 0.3) is 0 Å². The number of hydrogen-bond donors (Lipinski definition) is 4. The van der Waals surface area contributed by atoms with Crippen LogP contribution in [0.25, 0.3) is 21.9 Å². The summed E-state index contributed by atoms with van der Waals surface area (Å²) in [5.74, 6) is 0.210. The summed E-state index contributed by atoms with van der Waals surface area (Å²) in [4.78, 5) is 12.6. The van der Waals surface area contributed by atoms with E-state index in [0.29, 0.717) is 59.0 Å². The van der Waals surface area contributed by atoms with Crippen LogP contribution in [0, 0.1) is 11.2 Å². The lowest BCUT2D eigenvalue weighted by Crippen LogP contribution is -2.49. The Bertz CT molecular complexity index is 1430. The third-order valence-electron chi connectivity index (χ3n) is 7.64. The van der Waals surface area contributed by atoms with Crippen LogP contribution < -0.4 is 11.5 Å². The van der Waals surface area contributed by atoms with Gasteiger partial charge in [-0.2, -0.15) is 0 Å². The minimum atomic E-state index is -0.964. The van der Waals surface area contributed by atoms with E-state index in [1.807, 2.05) is 16.8 Å². The van der Waals surface area contributed by atoms with Gasteiger partial charge >= 0.3 is 0 Å². The molecule has 3 heterocycles. The van der Waals surface area contributed by atoms with Crippen molar-refractivity contribution in [3.05, 3.63) is 53.2 Å². The second-order valence-corrected chi connectivity index (χ2v) is 9.79. The minimum absolute atomic E-state index is 0.196. The predicted molar refractivity (Wildman–Crippen MR) is 123 cm³/mol. The Hall–Kier alpha value is -3.01. The molecule has 4 aromatic rings. The number of anilines is 2. The molecule has 3 aliphatic rings. The number of benzene rings is 1. The highest BCUT2D eigenvalue weighted by molar-refractivity contribution is 6.33. The first-order chi connectivity index (χ1) is 15.7. The first-order valence-corrected chi connectivity index (χ1v) is 11.1. The third kappa shape index (κ3) is 2.73. The van der Waals surface area contributed by atoms with Gasteiger partial charge in [-0.05, 0) is 55.5 Å². The molecule has 3 aromatic heterocycles. The predicted octanol–water partition coefficient (Wildman–Crippen LogP) is 2.78. The number of pyridine rings is 1. The Kier molecular flexibility index (Phi) is 4.21. The molecule has 0 radical (unpaired) electrons. The Balaban J connectivity index is 1.29. The largest absolute Gasteiger partial charge is 0.390 e. The van der Waals surface area contributed by atoms with Crippen molar-refractivity contribution in [2.45, 2.75) is 43.4 Å². The number of nitrogens with zero attached hydrogens (tertiary/aromatic N) is 4. The Morgan fingerprint density at radius 1 is 1.12 bits per heavy atom. The molecular weight excluding hydrogens is 447 g/mol. The maximum atomic E-state index is 14.8.